The van der Waals surface area contributed by atoms with Crippen molar-refractivity contribution < 1.29 is 0 Å². The second-order valence-corrected chi connectivity index (χ2v) is 5.67. The summed E-state index contributed by atoms with van der Waals surface area (Å²) in [5, 5.41) is 3.39. The van der Waals surface area contributed by atoms with Crippen LogP contribution >= 0.6 is 0 Å². The fourth-order valence-corrected chi connectivity index (χ4v) is 2.73. The van der Waals surface area contributed by atoms with Crippen molar-refractivity contribution in [3.63, 3.8) is 0 Å². The molecule has 0 amide bonds. The number of hydrogen-bond acceptors (Lipinski definition) is 3. The molecule has 3 rings (SSSR count). The third-order valence-corrected chi connectivity index (χ3v) is 3.88. The number of rotatable bonds is 2. The summed E-state index contributed by atoms with van der Waals surface area (Å²) >= 11 is 0. The molecule has 2 aliphatic rings. The maximum Gasteiger partial charge on any atom is 0.102 e. The first-order valence-corrected chi connectivity index (χ1v) is 7.18. The van der Waals surface area contributed by atoms with Crippen molar-refractivity contribution in [2.24, 2.45) is 4.99 Å². The lowest BCUT2D eigenvalue weighted by Gasteiger charge is -2.35. The lowest BCUT2D eigenvalue weighted by atomic mass is 9.93. The van der Waals surface area contributed by atoms with E-state index >= 15 is 0 Å². The second kappa shape index (κ2) is 5.16. The van der Waals surface area contributed by atoms with Gasteiger partial charge in [0, 0.05) is 30.1 Å². The Balaban J connectivity index is 1.98. The van der Waals surface area contributed by atoms with Gasteiger partial charge in [-0.3, -0.25) is 4.99 Å². The smallest absolute Gasteiger partial charge is 0.102 e. The zero-order chi connectivity index (χ0) is 14.1. The van der Waals surface area contributed by atoms with Crippen LogP contribution in [0.5, 0.6) is 0 Å². The van der Waals surface area contributed by atoms with Crippen molar-refractivity contribution in [3.05, 3.63) is 59.4 Å². The van der Waals surface area contributed by atoms with Gasteiger partial charge in [-0.15, -0.1) is 0 Å². The first-order chi connectivity index (χ1) is 9.65. The molecule has 104 valence electrons. The topological polar surface area (TPSA) is 27.6 Å². The van der Waals surface area contributed by atoms with E-state index in [0.29, 0.717) is 6.04 Å². The average Bonchev–Trinajstić information content (AvgIpc) is 2.46. The van der Waals surface area contributed by atoms with Crippen molar-refractivity contribution in [2.45, 2.75) is 32.9 Å². The van der Waals surface area contributed by atoms with Crippen LogP contribution in [0, 0.1) is 0 Å². The summed E-state index contributed by atoms with van der Waals surface area (Å²) < 4.78 is 0. The molecule has 1 N–H and O–H groups in total. The normalized spacial score (nSPS) is 21.7. The first-order valence-electron chi connectivity index (χ1n) is 7.18. The van der Waals surface area contributed by atoms with Crippen LogP contribution < -0.4 is 5.32 Å². The van der Waals surface area contributed by atoms with Crippen LogP contribution in [-0.2, 0) is 0 Å². The lowest BCUT2D eigenvalue weighted by molar-refractivity contribution is 0.322. The Bertz CT molecular complexity index is 582. The number of hydrogen-bond donors (Lipinski definition) is 1. The number of nitrogens with one attached hydrogen (secondary N) is 1. The van der Waals surface area contributed by atoms with Gasteiger partial charge in [0.25, 0.3) is 0 Å². The van der Waals surface area contributed by atoms with E-state index < -0.39 is 0 Å². The third-order valence-electron chi connectivity index (χ3n) is 3.88. The van der Waals surface area contributed by atoms with Gasteiger partial charge in [-0.05, 0) is 32.4 Å². The van der Waals surface area contributed by atoms with Crippen molar-refractivity contribution in [2.75, 3.05) is 6.54 Å². The highest BCUT2D eigenvalue weighted by Gasteiger charge is 2.27. The van der Waals surface area contributed by atoms with Crippen LogP contribution in [0.1, 0.15) is 32.4 Å². The Kier molecular flexibility index (Phi) is 3.35. The number of nitrogens with zero attached hydrogens (tertiary/aromatic N) is 2. The molecule has 0 aromatic heterocycles. The molecule has 1 aromatic rings. The molecule has 2 heterocycles. The number of allylic oxidation sites excluding steroid dienone is 1. The molecule has 2 aliphatic heterocycles. The van der Waals surface area contributed by atoms with E-state index in [9.17, 15) is 0 Å². The van der Waals surface area contributed by atoms with Gasteiger partial charge in [-0.2, -0.15) is 0 Å². The predicted octanol–water partition coefficient (Wildman–Crippen LogP) is 3.24. The van der Waals surface area contributed by atoms with Gasteiger partial charge in [0.05, 0.1) is 5.84 Å². The molecule has 0 fully saturated rings. The zero-order valence-corrected chi connectivity index (χ0v) is 12.3. The maximum atomic E-state index is 4.82. The fraction of sp³-hybridized carbons (Fsp3) is 0.353. The van der Waals surface area contributed by atoms with Crippen LogP contribution in [0.4, 0.5) is 0 Å². The van der Waals surface area contributed by atoms with Gasteiger partial charge in [0.15, 0.2) is 0 Å². The molecule has 20 heavy (non-hydrogen) atoms. The molecule has 1 atom stereocenters. The van der Waals surface area contributed by atoms with Crippen LogP contribution in [0.3, 0.4) is 0 Å². The zero-order valence-electron chi connectivity index (χ0n) is 12.3. The summed E-state index contributed by atoms with van der Waals surface area (Å²) in [7, 11) is 0. The van der Waals surface area contributed by atoms with Crippen molar-refractivity contribution in [3.8, 4) is 0 Å². The van der Waals surface area contributed by atoms with E-state index in [1.807, 2.05) is 6.92 Å². The van der Waals surface area contributed by atoms with E-state index in [1.54, 1.807) is 0 Å². The molecule has 0 saturated carbocycles. The highest BCUT2D eigenvalue weighted by Crippen LogP contribution is 2.33. The van der Waals surface area contributed by atoms with Crippen LogP contribution in [0.25, 0.3) is 0 Å². The summed E-state index contributed by atoms with van der Waals surface area (Å²) in [6.07, 6.45) is 4.35. The monoisotopic (exact) mass is 267 g/mol. The van der Waals surface area contributed by atoms with E-state index in [-0.39, 0.29) is 6.04 Å². The molecule has 3 nitrogen and oxygen atoms in total. The van der Waals surface area contributed by atoms with Crippen molar-refractivity contribution >= 4 is 5.84 Å². The van der Waals surface area contributed by atoms with Gasteiger partial charge >= 0.3 is 0 Å². The third kappa shape index (κ3) is 2.36. The Hall–Kier alpha value is -2.03. The molecular weight excluding hydrogens is 246 g/mol. The van der Waals surface area contributed by atoms with Gasteiger partial charge in [0.1, 0.15) is 6.04 Å². The molecule has 0 radical (unpaired) electrons. The van der Waals surface area contributed by atoms with Gasteiger partial charge in [-0.1, -0.05) is 30.3 Å². The minimum atomic E-state index is 0.138. The molecular formula is C17H21N3. The maximum absolute atomic E-state index is 4.82. The number of amidine groups is 1. The summed E-state index contributed by atoms with van der Waals surface area (Å²) in [5.74, 6) is 0.986. The minimum absolute atomic E-state index is 0.138. The quantitative estimate of drug-likeness (QED) is 0.890. The predicted molar refractivity (Wildman–Crippen MR) is 83.4 cm³/mol. The van der Waals surface area contributed by atoms with E-state index in [4.69, 9.17) is 4.99 Å². The molecule has 3 heteroatoms. The minimum Gasteiger partial charge on any atom is -0.371 e. The molecule has 1 aromatic carbocycles. The molecule has 0 spiro atoms. The number of benzene rings is 1. The molecule has 1 unspecified atom stereocenters. The number of aliphatic imine (C=N–C) groups is 1. The van der Waals surface area contributed by atoms with Gasteiger partial charge in [-0.25, -0.2) is 0 Å². The average molecular weight is 267 g/mol. The summed E-state index contributed by atoms with van der Waals surface area (Å²) in [6, 6.07) is 11.2. The van der Waals surface area contributed by atoms with Gasteiger partial charge < -0.3 is 10.2 Å². The Morgan fingerprint density at radius 3 is 2.70 bits per heavy atom. The molecule has 0 aliphatic carbocycles. The molecule has 0 saturated heterocycles. The van der Waals surface area contributed by atoms with Gasteiger partial charge in [0.2, 0.25) is 0 Å². The Morgan fingerprint density at radius 1 is 1.25 bits per heavy atom. The summed E-state index contributed by atoms with van der Waals surface area (Å²) in [6.45, 7) is 7.41. The van der Waals surface area contributed by atoms with Crippen molar-refractivity contribution in [1.82, 2.24) is 10.2 Å². The lowest BCUT2D eigenvalue weighted by Crippen LogP contribution is -2.37. The van der Waals surface area contributed by atoms with Crippen LogP contribution in [0.15, 0.2) is 58.9 Å². The van der Waals surface area contributed by atoms with E-state index in [2.05, 4.69) is 66.7 Å². The van der Waals surface area contributed by atoms with Crippen LogP contribution in [0.2, 0.25) is 0 Å². The standard InChI is InChI=1S/C17H21N3/c1-12(2)20-10-9-16-15(11-20)17(19-13(3)18-16)14-7-5-4-6-8-14/h4-10,12,17H,11H2,1-3H3,(H,18,19). The van der Waals surface area contributed by atoms with Crippen LogP contribution in [-0.4, -0.2) is 23.3 Å². The first kappa shape index (κ1) is 13.0. The van der Waals surface area contributed by atoms with Crippen molar-refractivity contribution in [1.29, 1.82) is 0 Å². The Morgan fingerprint density at radius 2 is 2.00 bits per heavy atom. The summed E-state index contributed by atoms with van der Waals surface area (Å²) in [4.78, 5) is 7.17. The van der Waals surface area contributed by atoms with E-state index in [0.717, 1.165) is 12.4 Å². The largest absolute Gasteiger partial charge is 0.371 e. The SMILES string of the molecule is CC1=NC(c2ccccc2)C2=C(C=CN(C(C)C)C2)N1. The second-order valence-electron chi connectivity index (χ2n) is 5.67. The fourth-order valence-electron chi connectivity index (χ4n) is 2.73. The van der Waals surface area contributed by atoms with E-state index in [1.165, 1.54) is 16.8 Å². The highest BCUT2D eigenvalue weighted by atomic mass is 15.2. The highest BCUT2D eigenvalue weighted by molar-refractivity contribution is 5.84. The Labute approximate surface area is 120 Å². The molecule has 0 bridgehead atoms. The summed E-state index contributed by atoms with van der Waals surface area (Å²) in [5.41, 5.74) is 3.83.